The predicted octanol–water partition coefficient (Wildman–Crippen LogP) is 3.00. The first-order valence-electron chi connectivity index (χ1n) is 5.64. The third-order valence-corrected chi connectivity index (χ3v) is 4.61. The van der Waals surface area contributed by atoms with Gasteiger partial charge >= 0.3 is 0 Å². The highest BCUT2D eigenvalue weighted by Gasteiger charge is 2.05. The predicted molar refractivity (Wildman–Crippen MR) is 74.6 cm³/mol. The Labute approximate surface area is 105 Å². The zero-order chi connectivity index (χ0) is 11.4. The number of nitrogens with zero attached hydrogens (tertiary/aromatic N) is 1. The maximum Gasteiger partial charge on any atom is 0.0453 e. The van der Waals surface area contributed by atoms with Crippen molar-refractivity contribution in [1.29, 1.82) is 0 Å². The van der Waals surface area contributed by atoms with Gasteiger partial charge in [-0.25, -0.2) is 0 Å². The van der Waals surface area contributed by atoms with Crippen molar-refractivity contribution in [1.82, 2.24) is 10.2 Å². The molecule has 0 spiro atoms. The molecule has 0 unspecified atom stereocenters. The van der Waals surface area contributed by atoms with Gasteiger partial charge in [-0.05, 0) is 31.1 Å². The highest BCUT2D eigenvalue weighted by molar-refractivity contribution is 7.26. The van der Waals surface area contributed by atoms with Crippen LogP contribution in [0.2, 0.25) is 0 Å². The van der Waals surface area contributed by atoms with Gasteiger partial charge < -0.3 is 10.2 Å². The molecule has 2 nitrogen and oxygen atoms in total. The van der Waals surface area contributed by atoms with Gasteiger partial charge in [0.25, 0.3) is 0 Å². The summed E-state index contributed by atoms with van der Waals surface area (Å²) in [6.07, 6.45) is 0. The van der Waals surface area contributed by atoms with Gasteiger partial charge in [0.1, 0.15) is 0 Å². The van der Waals surface area contributed by atoms with E-state index in [2.05, 4.69) is 41.7 Å². The van der Waals surface area contributed by atoms with Gasteiger partial charge in [0.15, 0.2) is 0 Å². The molecule has 0 aliphatic rings. The second-order valence-corrected chi connectivity index (χ2v) is 6.07. The topological polar surface area (TPSA) is 15.3 Å². The molecule has 2 rings (SSSR count). The second-order valence-electron chi connectivity index (χ2n) is 3.95. The van der Waals surface area contributed by atoms with E-state index < -0.39 is 0 Å². The van der Waals surface area contributed by atoms with Crippen LogP contribution in [-0.4, -0.2) is 31.6 Å². The van der Waals surface area contributed by atoms with Gasteiger partial charge in [-0.3, -0.25) is 0 Å². The van der Waals surface area contributed by atoms with E-state index in [0.717, 1.165) is 26.2 Å². The summed E-state index contributed by atoms with van der Waals surface area (Å²) in [5, 5.41) is 5.52. The summed E-state index contributed by atoms with van der Waals surface area (Å²) in [4.78, 5) is 3.85. The molecule has 0 saturated heterocycles. The van der Waals surface area contributed by atoms with Crippen LogP contribution in [0.5, 0.6) is 0 Å². The number of hydrogen-bond acceptors (Lipinski definition) is 4. The summed E-state index contributed by atoms with van der Waals surface area (Å²) in [5.41, 5.74) is 0. The van der Waals surface area contributed by atoms with Crippen molar-refractivity contribution in [3.8, 4) is 0 Å². The zero-order valence-corrected chi connectivity index (χ0v) is 11.5. The molecule has 4 heteroatoms. The summed E-state index contributed by atoms with van der Waals surface area (Å²) in [7, 11) is 2.19. The first-order chi connectivity index (χ1) is 7.79. The summed E-state index contributed by atoms with van der Waals surface area (Å²) in [6.45, 7) is 6.46. The normalized spacial score (nSPS) is 11.7. The van der Waals surface area contributed by atoms with E-state index in [1.165, 1.54) is 14.3 Å². The smallest absolute Gasteiger partial charge is 0.0453 e. The van der Waals surface area contributed by atoms with Crippen molar-refractivity contribution in [2.24, 2.45) is 0 Å². The van der Waals surface area contributed by atoms with Crippen LogP contribution in [0, 0.1) is 0 Å². The summed E-state index contributed by atoms with van der Waals surface area (Å²) >= 11 is 3.76. The zero-order valence-electron chi connectivity index (χ0n) is 9.82. The highest BCUT2D eigenvalue weighted by atomic mass is 32.1. The van der Waals surface area contributed by atoms with Crippen molar-refractivity contribution < 1.29 is 0 Å². The minimum atomic E-state index is 1.06. The molecular weight excluding hydrogens is 236 g/mol. The fourth-order valence-corrected chi connectivity index (χ4v) is 3.90. The lowest BCUT2D eigenvalue weighted by Gasteiger charge is -2.15. The van der Waals surface area contributed by atoms with Crippen molar-refractivity contribution in [2.75, 3.05) is 26.7 Å². The van der Waals surface area contributed by atoms with Crippen LogP contribution < -0.4 is 5.32 Å². The Balaban J connectivity index is 1.86. The van der Waals surface area contributed by atoms with Crippen molar-refractivity contribution in [2.45, 2.75) is 13.5 Å². The number of likely N-dealkylation sites (N-methyl/N-ethyl adjacent to an activating group) is 2. The lowest BCUT2D eigenvalue weighted by Crippen LogP contribution is -2.28. The molecule has 1 N–H and O–H groups in total. The van der Waals surface area contributed by atoms with E-state index in [4.69, 9.17) is 0 Å². The third kappa shape index (κ3) is 3.04. The Morgan fingerprint density at radius 3 is 3.00 bits per heavy atom. The van der Waals surface area contributed by atoms with Gasteiger partial charge in [0.05, 0.1) is 0 Å². The first kappa shape index (κ1) is 12.0. The Morgan fingerprint density at radius 1 is 1.38 bits per heavy atom. The van der Waals surface area contributed by atoms with E-state index in [9.17, 15) is 0 Å². The summed E-state index contributed by atoms with van der Waals surface area (Å²) in [5.74, 6) is 0. The van der Waals surface area contributed by atoms with Gasteiger partial charge in [-0.1, -0.05) is 6.92 Å². The standard InChI is InChI=1S/C12H18N2S2/c1-3-13-5-6-14(2)9-10-8-12-11(16-10)4-7-15-12/h4,7-8,13H,3,5-6,9H2,1-2H3. The van der Waals surface area contributed by atoms with Crippen LogP contribution in [-0.2, 0) is 6.54 Å². The molecule has 0 saturated carbocycles. The lowest BCUT2D eigenvalue weighted by atomic mass is 10.4. The molecule has 2 heterocycles. The van der Waals surface area contributed by atoms with Crippen LogP contribution >= 0.6 is 22.7 Å². The molecule has 2 aromatic heterocycles. The fourth-order valence-electron chi connectivity index (χ4n) is 1.69. The quantitative estimate of drug-likeness (QED) is 0.797. The van der Waals surface area contributed by atoms with Gasteiger partial charge in [-0.2, -0.15) is 0 Å². The molecular formula is C12H18N2S2. The molecule has 2 aromatic rings. The number of rotatable bonds is 6. The van der Waals surface area contributed by atoms with Crippen molar-refractivity contribution >= 4 is 32.1 Å². The van der Waals surface area contributed by atoms with E-state index >= 15 is 0 Å². The van der Waals surface area contributed by atoms with Crippen LogP contribution in [0.3, 0.4) is 0 Å². The second kappa shape index (κ2) is 5.77. The molecule has 0 bridgehead atoms. The van der Waals surface area contributed by atoms with E-state index in [0.29, 0.717) is 0 Å². The third-order valence-electron chi connectivity index (χ3n) is 2.54. The summed E-state index contributed by atoms with van der Waals surface area (Å²) in [6, 6.07) is 4.54. The Kier molecular flexibility index (Phi) is 4.35. The van der Waals surface area contributed by atoms with E-state index in [1.54, 1.807) is 0 Å². The fraction of sp³-hybridized carbons (Fsp3) is 0.500. The van der Waals surface area contributed by atoms with E-state index in [-0.39, 0.29) is 0 Å². The Bertz CT molecular complexity index is 404. The van der Waals surface area contributed by atoms with E-state index in [1.807, 2.05) is 22.7 Å². The van der Waals surface area contributed by atoms with Crippen molar-refractivity contribution in [3.63, 3.8) is 0 Å². The molecule has 0 atom stereocenters. The number of nitrogens with one attached hydrogen (secondary N) is 1. The maximum atomic E-state index is 3.35. The largest absolute Gasteiger partial charge is 0.316 e. The number of fused-ring (bicyclic) bond motifs is 1. The van der Waals surface area contributed by atoms with Crippen LogP contribution in [0.4, 0.5) is 0 Å². The molecule has 0 amide bonds. The molecule has 0 aliphatic carbocycles. The average molecular weight is 254 g/mol. The molecule has 0 aliphatic heterocycles. The molecule has 0 aromatic carbocycles. The summed E-state index contributed by atoms with van der Waals surface area (Å²) < 4.78 is 2.86. The minimum absolute atomic E-state index is 1.06. The van der Waals surface area contributed by atoms with Gasteiger partial charge in [-0.15, -0.1) is 22.7 Å². The van der Waals surface area contributed by atoms with Gasteiger partial charge in [0, 0.05) is 33.9 Å². The average Bonchev–Trinajstić information content (AvgIpc) is 2.78. The maximum absolute atomic E-state index is 3.35. The van der Waals surface area contributed by atoms with Crippen LogP contribution in [0.1, 0.15) is 11.8 Å². The number of thiophene rings is 2. The molecule has 88 valence electrons. The highest BCUT2D eigenvalue weighted by Crippen LogP contribution is 2.30. The Morgan fingerprint density at radius 2 is 2.25 bits per heavy atom. The minimum Gasteiger partial charge on any atom is -0.316 e. The first-order valence-corrected chi connectivity index (χ1v) is 7.34. The van der Waals surface area contributed by atoms with Crippen LogP contribution in [0.15, 0.2) is 17.5 Å². The molecule has 0 fully saturated rings. The molecule has 0 radical (unpaired) electrons. The Hall–Kier alpha value is -0.420. The monoisotopic (exact) mass is 254 g/mol. The number of hydrogen-bond donors (Lipinski definition) is 1. The SMILES string of the molecule is CCNCCN(C)Cc1cc2sccc2s1. The molecule has 16 heavy (non-hydrogen) atoms. The lowest BCUT2D eigenvalue weighted by molar-refractivity contribution is 0.328. The van der Waals surface area contributed by atoms with Gasteiger partial charge in [0.2, 0.25) is 0 Å². The van der Waals surface area contributed by atoms with Crippen LogP contribution in [0.25, 0.3) is 9.40 Å². The van der Waals surface area contributed by atoms with Crippen molar-refractivity contribution in [3.05, 3.63) is 22.4 Å².